The Morgan fingerprint density at radius 3 is 2.54 bits per heavy atom. The monoisotopic (exact) mass is 181 g/mol. The zero-order valence-corrected chi connectivity index (χ0v) is 8.84. The molecule has 0 aromatic carbocycles. The van der Waals surface area contributed by atoms with E-state index >= 15 is 0 Å². The van der Waals surface area contributed by atoms with E-state index in [0.717, 1.165) is 6.41 Å². The molecule has 2 aliphatic heterocycles. The molecule has 13 heavy (non-hydrogen) atoms. The highest BCUT2D eigenvalue weighted by Crippen LogP contribution is 2.52. The van der Waals surface area contributed by atoms with Crippen molar-refractivity contribution in [3.05, 3.63) is 0 Å². The van der Waals surface area contributed by atoms with Gasteiger partial charge in [-0.3, -0.25) is 4.79 Å². The van der Waals surface area contributed by atoms with Crippen LogP contribution in [-0.2, 0) is 4.79 Å². The number of hydrogen-bond acceptors (Lipinski definition) is 1. The molecule has 0 aromatic heterocycles. The molecule has 2 heterocycles. The Bertz CT molecular complexity index is 236. The summed E-state index contributed by atoms with van der Waals surface area (Å²) >= 11 is 0. The second-order valence-corrected chi connectivity index (χ2v) is 5.58. The highest BCUT2D eigenvalue weighted by Gasteiger charge is 2.54. The molecule has 2 rings (SSSR count). The number of piperidine rings is 1. The van der Waals surface area contributed by atoms with Crippen molar-refractivity contribution in [2.75, 3.05) is 0 Å². The van der Waals surface area contributed by atoms with Gasteiger partial charge in [-0.2, -0.15) is 0 Å². The predicted octanol–water partition coefficient (Wildman–Crippen LogP) is 2.19. The molecular formula is C11H19NO. The van der Waals surface area contributed by atoms with E-state index in [1.165, 1.54) is 25.7 Å². The summed E-state index contributed by atoms with van der Waals surface area (Å²) in [5, 5.41) is 0. The van der Waals surface area contributed by atoms with Crippen LogP contribution < -0.4 is 0 Å². The van der Waals surface area contributed by atoms with Crippen LogP contribution in [0, 0.1) is 5.41 Å². The minimum atomic E-state index is 0.161. The third-order valence-corrected chi connectivity index (χ3v) is 4.00. The standard InChI is InChI=1S/C11H19NO/c1-10(2)7-11(3)6-4-5-9(10)12(11)8-13/h8-9H,4-7H2,1-3H3/t9-,11+/m0/s1. The molecule has 2 atom stereocenters. The summed E-state index contributed by atoms with van der Waals surface area (Å²) in [5.74, 6) is 0. The molecule has 2 heteroatoms. The summed E-state index contributed by atoms with van der Waals surface area (Å²) in [6, 6.07) is 0.490. The van der Waals surface area contributed by atoms with E-state index in [4.69, 9.17) is 0 Å². The molecule has 0 radical (unpaired) electrons. The van der Waals surface area contributed by atoms with E-state index in [2.05, 4.69) is 25.7 Å². The van der Waals surface area contributed by atoms with Gasteiger partial charge in [0.25, 0.3) is 0 Å². The number of fused-ring (bicyclic) bond motifs is 2. The first-order valence-electron chi connectivity index (χ1n) is 5.23. The molecule has 2 aliphatic rings. The lowest BCUT2D eigenvalue weighted by Crippen LogP contribution is -2.48. The first kappa shape index (κ1) is 9.04. The smallest absolute Gasteiger partial charge is 0.210 e. The number of nitrogens with zero attached hydrogens (tertiary/aromatic N) is 1. The minimum Gasteiger partial charge on any atom is -0.336 e. The van der Waals surface area contributed by atoms with Crippen molar-refractivity contribution >= 4 is 6.41 Å². The van der Waals surface area contributed by atoms with Crippen LogP contribution in [0.4, 0.5) is 0 Å². The predicted molar refractivity (Wildman–Crippen MR) is 52.3 cm³/mol. The Labute approximate surface area is 80.3 Å². The lowest BCUT2D eigenvalue weighted by Gasteiger charge is -2.40. The largest absolute Gasteiger partial charge is 0.336 e. The number of amides is 1. The van der Waals surface area contributed by atoms with Gasteiger partial charge in [0.05, 0.1) is 0 Å². The van der Waals surface area contributed by atoms with Crippen LogP contribution in [0.15, 0.2) is 0 Å². The summed E-state index contributed by atoms with van der Waals surface area (Å²) in [6.45, 7) is 6.83. The van der Waals surface area contributed by atoms with Gasteiger partial charge in [-0.05, 0) is 38.0 Å². The minimum absolute atomic E-state index is 0.161. The zero-order valence-electron chi connectivity index (χ0n) is 8.84. The molecule has 0 unspecified atom stereocenters. The van der Waals surface area contributed by atoms with Crippen LogP contribution in [0.2, 0.25) is 0 Å². The van der Waals surface area contributed by atoms with Crippen molar-refractivity contribution in [3.63, 3.8) is 0 Å². The summed E-state index contributed by atoms with van der Waals surface area (Å²) in [6.07, 6.45) is 5.91. The van der Waals surface area contributed by atoms with E-state index in [9.17, 15) is 4.79 Å². The van der Waals surface area contributed by atoms with Crippen LogP contribution in [0.1, 0.15) is 46.5 Å². The van der Waals surface area contributed by atoms with Gasteiger partial charge >= 0.3 is 0 Å². The van der Waals surface area contributed by atoms with E-state index in [-0.39, 0.29) is 5.54 Å². The molecule has 0 aliphatic carbocycles. The zero-order chi connectivity index (χ0) is 9.69. The molecule has 74 valence electrons. The molecule has 2 fully saturated rings. The molecule has 2 bridgehead atoms. The van der Waals surface area contributed by atoms with Crippen LogP contribution in [0.3, 0.4) is 0 Å². The number of rotatable bonds is 1. The maximum atomic E-state index is 11.0. The number of carbonyl (C=O) groups is 1. The van der Waals surface area contributed by atoms with Crippen molar-refractivity contribution in [2.45, 2.75) is 58.0 Å². The maximum absolute atomic E-state index is 11.0. The van der Waals surface area contributed by atoms with E-state index in [1.54, 1.807) is 0 Å². The fourth-order valence-corrected chi connectivity index (χ4v) is 3.57. The lowest BCUT2D eigenvalue weighted by atomic mass is 9.82. The molecular weight excluding hydrogens is 162 g/mol. The van der Waals surface area contributed by atoms with Gasteiger partial charge in [-0.1, -0.05) is 13.8 Å². The summed E-state index contributed by atoms with van der Waals surface area (Å²) in [4.78, 5) is 13.1. The van der Waals surface area contributed by atoms with Gasteiger partial charge in [0.2, 0.25) is 6.41 Å². The van der Waals surface area contributed by atoms with Crippen LogP contribution >= 0.6 is 0 Å². The van der Waals surface area contributed by atoms with Gasteiger partial charge in [0.1, 0.15) is 0 Å². The van der Waals surface area contributed by atoms with Crippen molar-refractivity contribution in [1.82, 2.24) is 4.90 Å². The van der Waals surface area contributed by atoms with Crippen molar-refractivity contribution in [1.29, 1.82) is 0 Å². The van der Waals surface area contributed by atoms with Gasteiger partial charge in [0.15, 0.2) is 0 Å². The molecule has 1 amide bonds. The summed E-state index contributed by atoms with van der Waals surface area (Å²) in [7, 11) is 0. The third kappa shape index (κ3) is 1.11. The van der Waals surface area contributed by atoms with E-state index in [1.807, 2.05) is 0 Å². The molecule has 0 N–H and O–H groups in total. The quantitative estimate of drug-likeness (QED) is 0.568. The van der Waals surface area contributed by atoms with Crippen LogP contribution in [0.25, 0.3) is 0 Å². The number of hydrogen-bond donors (Lipinski definition) is 0. The number of carbonyl (C=O) groups excluding carboxylic acids is 1. The highest BCUT2D eigenvalue weighted by molar-refractivity contribution is 5.52. The topological polar surface area (TPSA) is 20.3 Å². The fraction of sp³-hybridized carbons (Fsp3) is 0.909. The summed E-state index contributed by atoms with van der Waals surface area (Å²) in [5.41, 5.74) is 0.486. The second kappa shape index (κ2) is 2.49. The molecule has 2 saturated heterocycles. The van der Waals surface area contributed by atoms with Gasteiger partial charge in [0, 0.05) is 11.6 Å². The SMILES string of the molecule is CC1(C)C[C@@]2(C)CCC[C@@H]1N2C=O. The first-order chi connectivity index (χ1) is 5.99. The fourth-order valence-electron chi connectivity index (χ4n) is 3.57. The third-order valence-electron chi connectivity index (χ3n) is 4.00. The van der Waals surface area contributed by atoms with Crippen molar-refractivity contribution in [2.24, 2.45) is 5.41 Å². The van der Waals surface area contributed by atoms with E-state index in [0.29, 0.717) is 11.5 Å². The molecule has 0 saturated carbocycles. The second-order valence-electron chi connectivity index (χ2n) is 5.58. The summed E-state index contributed by atoms with van der Waals surface area (Å²) < 4.78 is 0. The molecule has 0 spiro atoms. The Morgan fingerprint density at radius 2 is 2.08 bits per heavy atom. The Kier molecular flexibility index (Phi) is 1.73. The van der Waals surface area contributed by atoms with Crippen molar-refractivity contribution < 1.29 is 4.79 Å². The van der Waals surface area contributed by atoms with Gasteiger partial charge in [-0.15, -0.1) is 0 Å². The van der Waals surface area contributed by atoms with Gasteiger partial charge in [-0.25, -0.2) is 0 Å². The molecule has 2 nitrogen and oxygen atoms in total. The first-order valence-corrected chi connectivity index (χ1v) is 5.23. The van der Waals surface area contributed by atoms with Gasteiger partial charge < -0.3 is 4.90 Å². The Morgan fingerprint density at radius 1 is 1.38 bits per heavy atom. The average molecular weight is 181 g/mol. The van der Waals surface area contributed by atoms with Crippen LogP contribution in [0.5, 0.6) is 0 Å². The molecule has 0 aromatic rings. The lowest BCUT2D eigenvalue weighted by molar-refractivity contribution is -0.126. The average Bonchev–Trinajstić information content (AvgIpc) is 2.10. The van der Waals surface area contributed by atoms with E-state index < -0.39 is 0 Å². The highest BCUT2D eigenvalue weighted by atomic mass is 16.1. The van der Waals surface area contributed by atoms with Crippen LogP contribution in [-0.4, -0.2) is 22.9 Å². The maximum Gasteiger partial charge on any atom is 0.210 e. The Hall–Kier alpha value is -0.530. The normalized spacial score (nSPS) is 42.1. The van der Waals surface area contributed by atoms with Crippen molar-refractivity contribution in [3.8, 4) is 0 Å². The Balaban J connectivity index is 2.36.